The molecule has 4 rings (SSSR count). The maximum atomic E-state index is 12.4. The van der Waals surface area contributed by atoms with Gasteiger partial charge in [0, 0.05) is 18.3 Å². The van der Waals surface area contributed by atoms with Crippen molar-refractivity contribution in [3.63, 3.8) is 0 Å². The molecule has 1 aromatic heterocycles. The zero-order valence-corrected chi connectivity index (χ0v) is 15.7. The lowest BCUT2D eigenvalue weighted by atomic mass is 10.2. The van der Waals surface area contributed by atoms with E-state index in [1.807, 2.05) is 30.3 Å². The Morgan fingerprint density at radius 3 is 2.79 bits per heavy atom. The topological polar surface area (TPSA) is 115 Å². The third-order valence-electron chi connectivity index (χ3n) is 4.15. The second-order valence-corrected chi connectivity index (χ2v) is 7.96. The van der Waals surface area contributed by atoms with Gasteiger partial charge in [0.1, 0.15) is 5.84 Å². The predicted molar refractivity (Wildman–Crippen MR) is 99.4 cm³/mol. The van der Waals surface area contributed by atoms with Crippen molar-refractivity contribution < 1.29 is 22.4 Å². The lowest BCUT2D eigenvalue weighted by molar-refractivity contribution is -0.144. The Morgan fingerprint density at radius 2 is 2.00 bits per heavy atom. The first-order valence-corrected chi connectivity index (χ1v) is 10.1. The average Bonchev–Trinajstić information content (AvgIpc) is 3.18. The normalized spacial score (nSPS) is 18.7. The monoisotopic (exact) mass is 400 g/mol. The summed E-state index contributed by atoms with van der Waals surface area (Å²) in [4.78, 5) is 14.0. The van der Waals surface area contributed by atoms with Crippen LogP contribution in [-0.2, 0) is 19.6 Å². The molecule has 0 saturated carbocycles. The van der Waals surface area contributed by atoms with Crippen LogP contribution in [0.1, 0.15) is 18.9 Å². The van der Waals surface area contributed by atoms with Crippen molar-refractivity contribution in [2.75, 3.05) is 12.3 Å². The van der Waals surface area contributed by atoms with Gasteiger partial charge in [-0.2, -0.15) is 0 Å². The van der Waals surface area contributed by atoms with Crippen LogP contribution in [0.3, 0.4) is 0 Å². The van der Waals surface area contributed by atoms with Crippen LogP contribution in [0.5, 0.6) is 0 Å². The first kappa shape index (κ1) is 18.1. The third-order valence-corrected chi connectivity index (χ3v) is 5.32. The highest BCUT2D eigenvalue weighted by molar-refractivity contribution is 7.90. The number of amidine groups is 1. The van der Waals surface area contributed by atoms with Crippen LogP contribution in [-0.4, -0.2) is 47.6 Å². The maximum absolute atomic E-state index is 12.4. The van der Waals surface area contributed by atoms with E-state index < -0.39 is 22.1 Å². The van der Waals surface area contributed by atoms with Crippen molar-refractivity contribution in [1.29, 1.82) is 0 Å². The summed E-state index contributed by atoms with van der Waals surface area (Å²) in [6.07, 6.45) is 3.71. The molecule has 3 heterocycles. The van der Waals surface area contributed by atoms with Gasteiger partial charge in [0.2, 0.25) is 5.89 Å². The quantitative estimate of drug-likeness (QED) is 0.714. The van der Waals surface area contributed by atoms with Crippen molar-refractivity contribution in [3.8, 4) is 11.5 Å². The molecule has 2 aliphatic rings. The molecule has 0 radical (unpaired) electrons. The number of aromatic nitrogens is 2. The fraction of sp³-hybridized carbons (Fsp3) is 0.222. The molecule has 1 atom stereocenters. The van der Waals surface area contributed by atoms with Gasteiger partial charge < -0.3 is 14.1 Å². The molecule has 144 valence electrons. The minimum Gasteiger partial charge on any atom is -0.449 e. The Labute approximate surface area is 161 Å². The molecule has 9 nitrogen and oxygen atoms in total. The molecule has 0 bridgehead atoms. The number of carbonyl (C=O) groups excluding carboxylic acids is 1. The number of hydrogen-bond acceptors (Lipinski definition) is 8. The molecule has 0 N–H and O–H groups in total. The molecular weight excluding hydrogens is 384 g/mol. The number of fused-ring (bicyclic) bond motifs is 1. The summed E-state index contributed by atoms with van der Waals surface area (Å²) in [6, 6.07) is 9.26. The number of sulfonamides is 1. The van der Waals surface area contributed by atoms with Crippen molar-refractivity contribution in [2.24, 2.45) is 4.40 Å². The number of carbonyl (C=O) groups is 1. The maximum Gasteiger partial charge on any atom is 0.340 e. The van der Waals surface area contributed by atoms with E-state index in [9.17, 15) is 13.2 Å². The Kier molecular flexibility index (Phi) is 4.55. The minimum atomic E-state index is -3.44. The lowest BCUT2D eigenvalue weighted by Gasteiger charge is -2.26. The first-order chi connectivity index (χ1) is 13.4. The molecule has 28 heavy (non-hydrogen) atoms. The van der Waals surface area contributed by atoms with E-state index in [1.165, 1.54) is 18.4 Å². The van der Waals surface area contributed by atoms with Crippen molar-refractivity contribution >= 4 is 21.8 Å². The van der Waals surface area contributed by atoms with Crippen LogP contribution in [0.15, 0.2) is 63.1 Å². The van der Waals surface area contributed by atoms with Gasteiger partial charge in [0.05, 0.1) is 11.3 Å². The fourth-order valence-corrected chi connectivity index (χ4v) is 3.67. The molecule has 0 spiro atoms. The van der Waals surface area contributed by atoms with E-state index in [2.05, 4.69) is 14.6 Å². The number of hydrogen-bond donors (Lipinski definition) is 0. The van der Waals surface area contributed by atoms with Crippen LogP contribution in [0.25, 0.3) is 11.5 Å². The first-order valence-electron chi connectivity index (χ1n) is 8.50. The van der Waals surface area contributed by atoms with Gasteiger partial charge in [-0.15, -0.1) is 14.6 Å². The SMILES string of the molecule is C[C@H](OC(=O)C1=CN2CCS(=O)(=O)N=C2C=C1)c1nnc(-c2ccccc2)o1. The summed E-state index contributed by atoms with van der Waals surface area (Å²) in [6.45, 7) is 1.86. The summed E-state index contributed by atoms with van der Waals surface area (Å²) >= 11 is 0. The van der Waals surface area contributed by atoms with Gasteiger partial charge in [0.15, 0.2) is 6.10 Å². The third kappa shape index (κ3) is 3.72. The Hall–Kier alpha value is -3.27. The van der Waals surface area contributed by atoms with Crippen LogP contribution < -0.4 is 0 Å². The number of rotatable bonds is 4. The van der Waals surface area contributed by atoms with Crippen LogP contribution in [0.2, 0.25) is 0 Å². The highest BCUT2D eigenvalue weighted by Crippen LogP contribution is 2.24. The van der Waals surface area contributed by atoms with Crippen LogP contribution in [0.4, 0.5) is 0 Å². The van der Waals surface area contributed by atoms with Gasteiger partial charge in [0.25, 0.3) is 15.9 Å². The van der Waals surface area contributed by atoms with E-state index >= 15 is 0 Å². The Bertz CT molecular complexity index is 1100. The number of benzene rings is 1. The Balaban J connectivity index is 1.45. The van der Waals surface area contributed by atoms with E-state index in [0.29, 0.717) is 5.89 Å². The van der Waals surface area contributed by atoms with Crippen LogP contribution >= 0.6 is 0 Å². The predicted octanol–water partition coefficient (Wildman–Crippen LogP) is 1.84. The molecule has 10 heteroatoms. The highest BCUT2D eigenvalue weighted by Gasteiger charge is 2.27. The number of nitrogens with zero attached hydrogens (tertiary/aromatic N) is 4. The van der Waals surface area contributed by atoms with E-state index in [4.69, 9.17) is 9.15 Å². The summed E-state index contributed by atoms with van der Waals surface area (Å²) < 4.78 is 37.8. The van der Waals surface area contributed by atoms with E-state index in [-0.39, 0.29) is 29.6 Å². The lowest BCUT2D eigenvalue weighted by Crippen LogP contribution is -2.37. The fourth-order valence-electron chi connectivity index (χ4n) is 2.70. The summed E-state index contributed by atoms with van der Waals surface area (Å²) in [5, 5.41) is 7.92. The molecule has 0 unspecified atom stereocenters. The second kappa shape index (κ2) is 7.04. The molecule has 2 aromatic rings. The molecule has 0 amide bonds. The smallest absolute Gasteiger partial charge is 0.340 e. The number of esters is 1. The minimum absolute atomic E-state index is 0.107. The Morgan fingerprint density at radius 1 is 1.21 bits per heavy atom. The highest BCUT2D eigenvalue weighted by atomic mass is 32.2. The van der Waals surface area contributed by atoms with Crippen molar-refractivity contribution in [3.05, 3.63) is 60.1 Å². The van der Waals surface area contributed by atoms with Crippen molar-refractivity contribution in [1.82, 2.24) is 15.1 Å². The molecule has 1 aromatic carbocycles. The summed E-state index contributed by atoms with van der Waals surface area (Å²) in [5.74, 6) is 0.101. The summed E-state index contributed by atoms with van der Waals surface area (Å²) in [7, 11) is -3.44. The van der Waals surface area contributed by atoms with Gasteiger partial charge in [-0.05, 0) is 31.2 Å². The zero-order chi connectivity index (χ0) is 19.7. The van der Waals surface area contributed by atoms with Gasteiger partial charge in [-0.1, -0.05) is 18.2 Å². The zero-order valence-electron chi connectivity index (χ0n) is 14.8. The molecule has 0 aliphatic carbocycles. The van der Waals surface area contributed by atoms with Gasteiger partial charge in [-0.25, -0.2) is 13.2 Å². The van der Waals surface area contributed by atoms with E-state index in [0.717, 1.165) is 5.56 Å². The summed E-state index contributed by atoms with van der Waals surface area (Å²) in [5.41, 5.74) is 1.04. The largest absolute Gasteiger partial charge is 0.449 e. The molecule has 0 fully saturated rings. The second-order valence-electron chi connectivity index (χ2n) is 6.21. The van der Waals surface area contributed by atoms with Crippen LogP contribution in [0, 0.1) is 0 Å². The van der Waals surface area contributed by atoms with Gasteiger partial charge >= 0.3 is 5.97 Å². The molecule has 2 aliphatic heterocycles. The van der Waals surface area contributed by atoms with Gasteiger partial charge in [-0.3, -0.25) is 0 Å². The average molecular weight is 400 g/mol. The molecular formula is C18H16N4O5S. The van der Waals surface area contributed by atoms with E-state index in [1.54, 1.807) is 11.8 Å². The molecule has 0 saturated heterocycles. The standard InChI is InChI=1S/C18H16N4O5S/c1-12(16-19-20-17(27-16)13-5-3-2-4-6-13)26-18(23)14-7-8-15-21-28(24,25)10-9-22(15)11-14/h2-8,11-12H,9-10H2,1H3/t12-/m0/s1. The number of ether oxygens (including phenoxy) is 1. The van der Waals surface area contributed by atoms with Crippen molar-refractivity contribution in [2.45, 2.75) is 13.0 Å².